The van der Waals surface area contributed by atoms with Crippen LogP contribution in [0.25, 0.3) is 0 Å². The molecule has 0 amide bonds. The molecule has 0 aliphatic carbocycles. The van der Waals surface area contributed by atoms with Crippen LogP contribution in [0.15, 0.2) is 23.2 Å². The highest BCUT2D eigenvalue weighted by molar-refractivity contribution is 6.31. The Hall–Kier alpha value is -1.11. The van der Waals surface area contributed by atoms with E-state index in [1.807, 2.05) is 39.0 Å². The third kappa shape index (κ3) is 2.22. The second-order valence-corrected chi connectivity index (χ2v) is 4.13. The van der Waals surface area contributed by atoms with Gasteiger partial charge in [-0.15, -0.1) is 0 Å². The molecule has 0 atom stereocenters. The fourth-order valence-electron chi connectivity index (χ4n) is 1.15. The van der Waals surface area contributed by atoms with E-state index in [9.17, 15) is 4.79 Å². The predicted molar refractivity (Wildman–Crippen MR) is 57.3 cm³/mol. The van der Waals surface area contributed by atoms with Crippen molar-refractivity contribution in [3.8, 4) is 0 Å². The zero-order valence-electron chi connectivity index (χ0n) is 8.47. The Labute approximate surface area is 88.6 Å². The minimum Gasteiger partial charge on any atom is -0.211 e. The first kappa shape index (κ1) is 11.0. The molecule has 3 heteroatoms. The fourth-order valence-corrected chi connectivity index (χ4v) is 1.33. The number of carbonyl (C=O) groups excluding carboxylic acids is 1. The Balaban J connectivity index is 3.20. The SMILES string of the molecule is Cc1ccc(C(C)(C)N=C=O)cc1Cl. The number of hydrogen-bond acceptors (Lipinski definition) is 2. The number of nitrogens with zero attached hydrogens (tertiary/aromatic N) is 1. The summed E-state index contributed by atoms with van der Waals surface area (Å²) < 4.78 is 0. The van der Waals surface area contributed by atoms with Crippen LogP contribution in [0.4, 0.5) is 0 Å². The maximum Gasteiger partial charge on any atom is 0.235 e. The summed E-state index contributed by atoms with van der Waals surface area (Å²) in [4.78, 5) is 14.0. The summed E-state index contributed by atoms with van der Waals surface area (Å²) in [6, 6.07) is 5.67. The number of hydrogen-bond donors (Lipinski definition) is 0. The lowest BCUT2D eigenvalue weighted by Crippen LogP contribution is -2.13. The Morgan fingerprint density at radius 2 is 2.07 bits per heavy atom. The van der Waals surface area contributed by atoms with Gasteiger partial charge in [0.15, 0.2) is 0 Å². The van der Waals surface area contributed by atoms with Crippen LogP contribution in [0.5, 0.6) is 0 Å². The largest absolute Gasteiger partial charge is 0.235 e. The van der Waals surface area contributed by atoms with Crippen molar-refractivity contribution >= 4 is 17.7 Å². The van der Waals surface area contributed by atoms with Crippen LogP contribution in [0.1, 0.15) is 25.0 Å². The Bertz CT molecular complexity index is 392. The van der Waals surface area contributed by atoms with Crippen LogP contribution >= 0.6 is 11.6 Å². The van der Waals surface area contributed by atoms with Crippen LogP contribution in [0, 0.1) is 6.92 Å². The van der Waals surface area contributed by atoms with Crippen LogP contribution in [0.2, 0.25) is 5.02 Å². The average molecular weight is 210 g/mol. The van der Waals surface area contributed by atoms with Gasteiger partial charge in [0.1, 0.15) is 0 Å². The van der Waals surface area contributed by atoms with Crippen molar-refractivity contribution in [2.75, 3.05) is 0 Å². The molecule has 0 aliphatic rings. The lowest BCUT2D eigenvalue weighted by Gasteiger charge is -2.18. The Kier molecular flexibility index (Phi) is 3.10. The summed E-state index contributed by atoms with van der Waals surface area (Å²) in [6.45, 7) is 5.62. The lowest BCUT2D eigenvalue weighted by molar-refractivity contribution is 0.523. The number of benzene rings is 1. The van der Waals surface area contributed by atoms with Gasteiger partial charge in [-0.25, -0.2) is 4.79 Å². The normalized spacial score (nSPS) is 10.9. The van der Waals surface area contributed by atoms with E-state index in [0.29, 0.717) is 5.02 Å². The van der Waals surface area contributed by atoms with E-state index in [4.69, 9.17) is 11.6 Å². The first-order valence-electron chi connectivity index (χ1n) is 4.33. The van der Waals surface area contributed by atoms with E-state index < -0.39 is 5.54 Å². The monoisotopic (exact) mass is 209 g/mol. The molecule has 0 unspecified atom stereocenters. The summed E-state index contributed by atoms with van der Waals surface area (Å²) in [7, 11) is 0. The van der Waals surface area contributed by atoms with E-state index >= 15 is 0 Å². The first-order valence-corrected chi connectivity index (χ1v) is 4.71. The van der Waals surface area contributed by atoms with Gasteiger partial charge < -0.3 is 0 Å². The average Bonchev–Trinajstić information content (AvgIpc) is 2.09. The quantitative estimate of drug-likeness (QED) is 0.543. The summed E-state index contributed by atoms with van der Waals surface area (Å²) >= 11 is 5.98. The van der Waals surface area contributed by atoms with Crippen molar-refractivity contribution in [3.63, 3.8) is 0 Å². The number of aliphatic imine (C=N–C) groups is 1. The van der Waals surface area contributed by atoms with Crippen LogP contribution in [-0.2, 0) is 10.3 Å². The minimum absolute atomic E-state index is 0.556. The van der Waals surface area contributed by atoms with Crippen molar-refractivity contribution in [2.45, 2.75) is 26.3 Å². The maximum atomic E-state index is 10.2. The maximum absolute atomic E-state index is 10.2. The molecule has 0 N–H and O–H groups in total. The number of halogens is 1. The van der Waals surface area contributed by atoms with Crippen molar-refractivity contribution in [2.24, 2.45) is 4.99 Å². The summed E-state index contributed by atoms with van der Waals surface area (Å²) in [6.07, 6.45) is 1.57. The number of rotatable bonds is 2. The van der Waals surface area contributed by atoms with Gasteiger partial charge in [-0.05, 0) is 38.0 Å². The Morgan fingerprint density at radius 3 is 2.57 bits per heavy atom. The van der Waals surface area contributed by atoms with Gasteiger partial charge in [-0.1, -0.05) is 23.7 Å². The van der Waals surface area contributed by atoms with Gasteiger partial charge in [0.25, 0.3) is 0 Å². The van der Waals surface area contributed by atoms with Crippen LogP contribution < -0.4 is 0 Å². The molecule has 1 rings (SSSR count). The number of isocyanates is 1. The molecular formula is C11H12ClNO. The zero-order valence-corrected chi connectivity index (χ0v) is 9.22. The summed E-state index contributed by atoms with van der Waals surface area (Å²) in [5.74, 6) is 0. The van der Waals surface area contributed by atoms with Crippen LogP contribution in [-0.4, -0.2) is 6.08 Å². The van der Waals surface area contributed by atoms with Crippen molar-refractivity contribution < 1.29 is 4.79 Å². The molecule has 2 nitrogen and oxygen atoms in total. The molecule has 0 aromatic heterocycles. The standard InChI is InChI=1S/C11H12ClNO/c1-8-4-5-9(6-10(8)12)11(2,3)13-7-14/h4-6H,1-3H3. The second kappa shape index (κ2) is 3.95. The molecule has 0 aliphatic heterocycles. The predicted octanol–water partition coefficient (Wildman–Crippen LogP) is 3.22. The second-order valence-electron chi connectivity index (χ2n) is 3.73. The molecule has 0 fully saturated rings. The van der Waals surface area contributed by atoms with E-state index in [2.05, 4.69) is 4.99 Å². The molecule has 14 heavy (non-hydrogen) atoms. The van der Waals surface area contributed by atoms with Gasteiger partial charge in [0.05, 0.1) is 5.54 Å². The van der Waals surface area contributed by atoms with Gasteiger partial charge in [0.2, 0.25) is 6.08 Å². The highest BCUT2D eigenvalue weighted by atomic mass is 35.5. The summed E-state index contributed by atoms with van der Waals surface area (Å²) in [5, 5.41) is 0.691. The van der Waals surface area contributed by atoms with Gasteiger partial charge in [-0.2, -0.15) is 4.99 Å². The topological polar surface area (TPSA) is 29.4 Å². The van der Waals surface area contributed by atoms with Gasteiger partial charge in [-0.3, -0.25) is 0 Å². The molecule has 74 valence electrons. The van der Waals surface area contributed by atoms with Crippen molar-refractivity contribution in [3.05, 3.63) is 34.3 Å². The zero-order chi connectivity index (χ0) is 10.8. The highest BCUT2D eigenvalue weighted by Gasteiger charge is 2.19. The molecule has 0 saturated carbocycles. The molecule has 0 heterocycles. The van der Waals surface area contributed by atoms with Crippen LogP contribution in [0.3, 0.4) is 0 Å². The third-order valence-corrected chi connectivity index (χ3v) is 2.61. The minimum atomic E-state index is -0.556. The Morgan fingerprint density at radius 1 is 1.43 bits per heavy atom. The van der Waals surface area contributed by atoms with Crippen molar-refractivity contribution in [1.82, 2.24) is 0 Å². The third-order valence-electron chi connectivity index (χ3n) is 2.20. The molecule has 1 aromatic rings. The van der Waals surface area contributed by atoms with E-state index in [0.717, 1.165) is 11.1 Å². The van der Waals surface area contributed by atoms with Crippen molar-refractivity contribution in [1.29, 1.82) is 0 Å². The molecule has 0 bridgehead atoms. The molecular weight excluding hydrogens is 198 g/mol. The van der Waals surface area contributed by atoms with E-state index in [1.54, 1.807) is 6.08 Å². The van der Waals surface area contributed by atoms with E-state index in [-0.39, 0.29) is 0 Å². The van der Waals surface area contributed by atoms with Gasteiger partial charge >= 0.3 is 0 Å². The number of aryl methyl sites for hydroxylation is 1. The fraction of sp³-hybridized carbons (Fsp3) is 0.364. The lowest BCUT2D eigenvalue weighted by atomic mass is 9.94. The molecule has 1 aromatic carbocycles. The smallest absolute Gasteiger partial charge is 0.211 e. The first-order chi connectivity index (χ1) is 6.47. The molecule has 0 radical (unpaired) electrons. The summed E-state index contributed by atoms with van der Waals surface area (Å²) in [5.41, 5.74) is 1.37. The highest BCUT2D eigenvalue weighted by Crippen LogP contribution is 2.27. The van der Waals surface area contributed by atoms with E-state index in [1.165, 1.54) is 0 Å². The molecule has 0 spiro atoms. The van der Waals surface area contributed by atoms with Gasteiger partial charge in [0, 0.05) is 5.02 Å². The molecule has 0 saturated heterocycles.